The van der Waals surface area contributed by atoms with Crippen molar-refractivity contribution < 1.29 is 5.11 Å². The van der Waals surface area contributed by atoms with Gasteiger partial charge in [-0.05, 0) is 39.2 Å². The van der Waals surface area contributed by atoms with Crippen LogP contribution in [0, 0.1) is 0 Å². The molecule has 2 N–H and O–H groups in total. The van der Waals surface area contributed by atoms with Crippen LogP contribution < -0.4 is 5.32 Å². The van der Waals surface area contributed by atoms with E-state index in [2.05, 4.69) is 12.2 Å². The van der Waals surface area contributed by atoms with Crippen LogP contribution in [0.3, 0.4) is 0 Å². The van der Waals surface area contributed by atoms with Crippen molar-refractivity contribution >= 4 is 0 Å². The second-order valence-electron chi connectivity index (χ2n) is 3.64. The summed E-state index contributed by atoms with van der Waals surface area (Å²) < 4.78 is 0. The van der Waals surface area contributed by atoms with E-state index in [4.69, 9.17) is 0 Å². The van der Waals surface area contributed by atoms with Crippen LogP contribution >= 0.6 is 0 Å². The van der Waals surface area contributed by atoms with Crippen LogP contribution in [0.2, 0.25) is 0 Å². The fourth-order valence-corrected chi connectivity index (χ4v) is 1.80. The summed E-state index contributed by atoms with van der Waals surface area (Å²) in [6.07, 6.45) is 5.09. The van der Waals surface area contributed by atoms with Crippen LogP contribution in [-0.4, -0.2) is 23.8 Å². The molecule has 2 nitrogen and oxygen atoms in total. The predicted molar refractivity (Wildman–Crippen MR) is 46.6 cm³/mol. The molecular weight excluding hydrogens is 138 g/mol. The quantitative estimate of drug-likeness (QED) is 0.633. The largest absolute Gasteiger partial charge is 0.390 e. The average molecular weight is 157 g/mol. The molecule has 11 heavy (non-hydrogen) atoms. The van der Waals surface area contributed by atoms with Crippen LogP contribution in [0.25, 0.3) is 0 Å². The van der Waals surface area contributed by atoms with Gasteiger partial charge in [-0.1, -0.05) is 6.92 Å². The molecular formula is C9H19NO. The van der Waals surface area contributed by atoms with Crippen molar-refractivity contribution in [3.05, 3.63) is 0 Å². The summed E-state index contributed by atoms with van der Waals surface area (Å²) in [6, 6.07) is 0.641. The van der Waals surface area contributed by atoms with E-state index in [1.807, 2.05) is 7.05 Å². The van der Waals surface area contributed by atoms with Crippen molar-refractivity contribution in [2.75, 3.05) is 7.05 Å². The van der Waals surface area contributed by atoms with Gasteiger partial charge in [-0.2, -0.15) is 0 Å². The van der Waals surface area contributed by atoms with Gasteiger partial charge in [0.05, 0.1) is 5.60 Å². The van der Waals surface area contributed by atoms with Gasteiger partial charge in [0.2, 0.25) is 0 Å². The highest BCUT2D eigenvalue weighted by Crippen LogP contribution is 2.30. The van der Waals surface area contributed by atoms with E-state index >= 15 is 0 Å². The lowest BCUT2D eigenvalue weighted by atomic mass is 9.81. The van der Waals surface area contributed by atoms with Gasteiger partial charge >= 0.3 is 0 Å². The Morgan fingerprint density at radius 3 is 2.36 bits per heavy atom. The molecule has 2 heteroatoms. The van der Waals surface area contributed by atoms with Crippen LogP contribution in [0.1, 0.15) is 39.0 Å². The normalized spacial score (nSPS) is 39.0. The highest BCUT2D eigenvalue weighted by molar-refractivity contribution is 4.86. The van der Waals surface area contributed by atoms with Gasteiger partial charge in [-0.25, -0.2) is 0 Å². The molecule has 0 unspecified atom stereocenters. The molecule has 66 valence electrons. The maximum Gasteiger partial charge on any atom is 0.0646 e. The first-order valence-electron chi connectivity index (χ1n) is 4.60. The number of hydrogen-bond donors (Lipinski definition) is 2. The van der Waals surface area contributed by atoms with Crippen molar-refractivity contribution in [2.45, 2.75) is 50.7 Å². The van der Waals surface area contributed by atoms with Gasteiger partial charge in [0.1, 0.15) is 0 Å². The Kier molecular flexibility index (Phi) is 2.90. The molecule has 0 aromatic carbocycles. The zero-order valence-corrected chi connectivity index (χ0v) is 7.56. The molecule has 0 aliphatic heterocycles. The molecule has 0 bridgehead atoms. The summed E-state index contributed by atoms with van der Waals surface area (Å²) in [5, 5.41) is 13.1. The molecule has 1 rings (SSSR count). The van der Waals surface area contributed by atoms with Gasteiger partial charge in [-0.3, -0.25) is 0 Å². The van der Waals surface area contributed by atoms with Crippen molar-refractivity contribution in [3.63, 3.8) is 0 Å². The summed E-state index contributed by atoms with van der Waals surface area (Å²) in [6.45, 7) is 2.07. The van der Waals surface area contributed by atoms with Gasteiger partial charge in [-0.15, -0.1) is 0 Å². The Balaban J connectivity index is 2.35. The fourth-order valence-electron chi connectivity index (χ4n) is 1.80. The molecule has 0 saturated heterocycles. The Labute approximate surface area is 69.0 Å². The SMILES string of the molecule is CCC1(O)CCC(NC)CC1. The summed E-state index contributed by atoms with van der Waals surface area (Å²) in [7, 11) is 2.00. The first-order chi connectivity index (χ1) is 5.20. The molecule has 0 amide bonds. The predicted octanol–water partition coefficient (Wildman–Crippen LogP) is 1.29. The zero-order valence-electron chi connectivity index (χ0n) is 7.56. The van der Waals surface area contributed by atoms with E-state index in [9.17, 15) is 5.11 Å². The Morgan fingerprint density at radius 2 is 2.00 bits per heavy atom. The van der Waals surface area contributed by atoms with Crippen molar-refractivity contribution in [2.24, 2.45) is 0 Å². The third-order valence-corrected chi connectivity index (χ3v) is 2.98. The number of hydrogen-bond acceptors (Lipinski definition) is 2. The van der Waals surface area contributed by atoms with Crippen LogP contribution in [-0.2, 0) is 0 Å². The van der Waals surface area contributed by atoms with Gasteiger partial charge < -0.3 is 10.4 Å². The maximum absolute atomic E-state index is 9.87. The highest BCUT2D eigenvalue weighted by atomic mass is 16.3. The first kappa shape index (κ1) is 9.01. The molecule has 1 aliphatic carbocycles. The number of nitrogens with one attached hydrogen (secondary N) is 1. The second kappa shape index (κ2) is 3.55. The van der Waals surface area contributed by atoms with E-state index in [-0.39, 0.29) is 5.60 Å². The van der Waals surface area contributed by atoms with Gasteiger partial charge in [0.15, 0.2) is 0 Å². The van der Waals surface area contributed by atoms with Crippen molar-refractivity contribution in [1.29, 1.82) is 0 Å². The number of rotatable bonds is 2. The monoisotopic (exact) mass is 157 g/mol. The van der Waals surface area contributed by atoms with Crippen LogP contribution in [0.4, 0.5) is 0 Å². The summed E-state index contributed by atoms with van der Waals surface area (Å²) in [5.41, 5.74) is -0.340. The minimum absolute atomic E-state index is 0.340. The lowest BCUT2D eigenvalue weighted by molar-refractivity contribution is -0.00609. The van der Waals surface area contributed by atoms with Crippen LogP contribution in [0.5, 0.6) is 0 Å². The van der Waals surface area contributed by atoms with E-state index in [0.717, 1.165) is 32.1 Å². The molecule has 0 spiro atoms. The lowest BCUT2D eigenvalue weighted by Gasteiger charge is -2.35. The topological polar surface area (TPSA) is 32.3 Å². The van der Waals surface area contributed by atoms with E-state index in [1.165, 1.54) is 0 Å². The molecule has 0 heterocycles. The zero-order chi connectivity index (χ0) is 8.32. The molecule has 1 saturated carbocycles. The molecule has 0 aromatic heterocycles. The summed E-state index contributed by atoms with van der Waals surface area (Å²) >= 11 is 0. The Hall–Kier alpha value is -0.0800. The number of aliphatic hydroxyl groups is 1. The maximum atomic E-state index is 9.87. The second-order valence-corrected chi connectivity index (χ2v) is 3.64. The van der Waals surface area contributed by atoms with E-state index < -0.39 is 0 Å². The van der Waals surface area contributed by atoms with E-state index in [1.54, 1.807) is 0 Å². The minimum Gasteiger partial charge on any atom is -0.390 e. The third-order valence-electron chi connectivity index (χ3n) is 2.98. The highest BCUT2D eigenvalue weighted by Gasteiger charge is 2.30. The Morgan fingerprint density at radius 1 is 1.45 bits per heavy atom. The molecule has 1 aliphatic rings. The molecule has 0 aromatic rings. The molecule has 1 fully saturated rings. The first-order valence-corrected chi connectivity index (χ1v) is 4.60. The summed E-state index contributed by atoms with van der Waals surface area (Å²) in [4.78, 5) is 0. The minimum atomic E-state index is -0.340. The Bertz CT molecular complexity index is 117. The smallest absolute Gasteiger partial charge is 0.0646 e. The molecule has 0 radical (unpaired) electrons. The third kappa shape index (κ3) is 2.17. The standard InChI is InChI=1S/C9H19NO/c1-3-9(11)6-4-8(10-2)5-7-9/h8,10-11H,3-7H2,1-2H3. The fraction of sp³-hybridized carbons (Fsp3) is 1.00. The molecule has 0 atom stereocenters. The van der Waals surface area contributed by atoms with Crippen LogP contribution in [0.15, 0.2) is 0 Å². The van der Waals surface area contributed by atoms with Crippen molar-refractivity contribution in [1.82, 2.24) is 5.32 Å². The van der Waals surface area contributed by atoms with Gasteiger partial charge in [0.25, 0.3) is 0 Å². The van der Waals surface area contributed by atoms with Gasteiger partial charge in [0, 0.05) is 6.04 Å². The average Bonchev–Trinajstić information content (AvgIpc) is 2.06. The van der Waals surface area contributed by atoms with Crippen molar-refractivity contribution in [3.8, 4) is 0 Å². The van der Waals surface area contributed by atoms with E-state index in [0.29, 0.717) is 6.04 Å². The summed E-state index contributed by atoms with van der Waals surface area (Å²) in [5.74, 6) is 0. The lowest BCUT2D eigenvalue weighted by Crippen LogP contribution is -2.39.